The van der Waals surface area contributed by atoms with Crippen molar-refractivity contribution in [1.29, 1.82) is 0 Å². The second-order valence-electron chi connectivity index (χ2n) is 4.25. The molecule has 0 spiro atoms. The van der Waals surface area contributed by atoms with Gasteiger partial charge in [0.25, 0.3) is 0 Å². The summed E-state index contributed by atoms with van der Waals surface area (Å²) in [5.74, 6) is -0.340. The zero-order chi connectivity index (χ0) is 15.3. The van der Waals surface area contributed by atoms with Crippen LogP contribution in [-0.2, 0) is 25.6 Å². The first-order chi connectivity index (χ1) is 10.3. The third-order valence-electron chi connectivity index (χ3n) is 2.65. The SMILES string of the molecule is COC(=O)c1ccc(COCCOCCOCCN)cc1. The van der Waals surface area contributed by atoms with Crippen LogP contribution in [0, 0.1) is 0 Å². The number of rotatable bonds is 11. The van der Waals surface area contributed by atoms with Crippen LogP contribution in [0.15, 0.2) is 24.3 Å². The summed E-state index contributed by atoms with van der Waals surface area (Å²) >= 11 is 0. The van der Waals surface area contributed by atoms with E-state index in [0.717, 1.165) is 5.56 Å². The molecule has 6 nitrogen and oxygen atoms in total. The van der Waals surface area contributed by atoms with Gasteiger partial charge in [0.05, 0.1) is 52.3 Å². The lowest BCUT2D eigenvalue weighted by Gasteiger charge is -2.07. The minimum atomic E-state index is -0.340. The van der Waals surface area contributed by atoms with Crippen LogP contribution in [0.1, 0.15) is 15.9 Å². The van der Waals surface area contributed by atoms with E-state index in [2.05, 4.69) is 4.74 Å². The molecule has 0 radical (unpaired) electrons. The minimum Gasteiger partial charge on any atom is -0.465 e. The van der Waals surface area contributed by atoms with Crippen LogP contribution in [0.4, 0.5) is 0 Å². The van der Waals surface area contributed by atoms with Crippen molar-refractivity contribution >= 4 is 5.97 Å². The van der Waals surface area contributed by atoms with Gasteiger partial charge in [-0.15, -0.1) is 0 Å². The smallest absolute Gasteiger partial charge is 0.337 e. The minimum absolute atomic E-state index is 0.340. The predicted octanol–water partition coefficient (Wildman–Crippen LogP) is 0.982. The first kappa shape index (κ1) is 17.6. The van der Waals surface area contributed by atoms with Crippen LogP contribution in [0.3, 0.4) is 0 Å². The number of benzene rings is 1. The molecule has 0 bridgehead atoms. The first-order valence-electron chi connectivity index (χ1n) is 6.88. The summed E-state index contributed by atoms with van der Waals surface area (Å²) in [5.41, 5.74) is 6.81. The average molecular weight is 297 g/mol. The lowest BCUT2D eigenvalue weighted by atomic mass is 10.1. The highest BCUT2D eigenvalue weighted by atomic mass is 16.5. The second kappa shape index (κ2) is 11.2. The maximum atomic E-state index is 11.3. The fourth-order valence-electron chi connectivity index (χ4n) is 1.57. The molecule has 21 heavy (non-hydrogen) atoms. The normalized spacial score (nSPS) is 10.6. The van der Waals surface area contributed by atoms with Crippen molar-refractivity contribution in [3.8, 4) is 0 Å². The molecule has 6 heteroatoms. The van der Waals surface area contributed by atoms with Gasteiger partial charge < -0.3 is 24.7 Å². The molecule has 118 valence electrons. The summed E-state index contributed by atoms with van der Waals surface area (Å²) in [6.07, 6.45) is 0. The van der Waals surface area contributed by atoms with E-state index in [1.54, 1.807) is 12.1 Å². The number of nitrogens with two attached hydrogens (primary N) is 1. The molecule has 0 fully saturated rings. The zero-order valence-electron chi connectivity index (χ0n) is 12.4. The van der Waals surface area contributed by atoms with E-state index in [9.17, 15) is 4.79 Å². The molecule has 0 aromatic heterocycles. The van der Waals surface area contributed by atoms with Crippen molar-refractivity contribution in [2.45, 2.75) is 6.61 Å². The van der Waals surface area contributed by atoms with Crippen LogP contribution in [0.5, 0.6) is 0 Å². The Hall–Kier alpha value is -1.47. The average Bonchev–Trinajstić information content (AvgIpc) is 2.53. The largest absolute Gasteiger partial charge is 0.465 e. The molecule has 1 aromatic rings. The van der Waals surface area contributed by atoms with Crippen molar-refractivity contribution in [2.24, 2.45) is 5.73 Å². The molecule has 0 aliphatic carbocycles. The number of carbonyl (C=O) groups excluding carboxylic acids is 1. The van der Waals surface area contributed by atoms with E-state index in [-0.39, 0.29) is 5.97 Å². The summed E-state index contributed by atoms with van der Waals surface area (Å²) in [5, 5.41) is 0. The highest BCUT2D eigenvalue weighted by Crippen LogP contribution is 2.06. The van der Waals surface area contributed by atoms with Gasteiger partial charge in [-0.25, -0.2) is 4.79 Å². The number of esters is 1. The van der Waals surface area contributed by atoms with Gasteiger partial charge in [0.15, 0.2) is 0 Å². The summed E-state index contributed by atoms with van der Waals surface area (Å²) in [7, 11) is 1.36. The quantitative estimate of drug-likeness (QED) is 0.484. The van der Waals surface area contributed by atoms with Crippen molar-refractivity contribution in [1.82, 2.24) is 0 Å². The molecule has 1 rings (SSSR count). The topological polar surface area (TPSA) is 80.0 Å². The standard InChI is InChI=1S/C15H23NO5/c1-18-15(17)14-4-2-13(3-5-14)12-21-11-10-20-9-8-19-7-6-16/h2-5H,6-12,16H2,1H3. The number of hydrogen-bond donors (Lipinski definition) is 1. The van der Waals surface area contributed by atoms with Gasteiger partial charge in [-0.3, -0.25) is 0 Å². The molecule has 1 aromatic carbocycles. The molecule has 0 unspecified atom stereocenters. The molecule has 0 saturated carbocycles. The van der Waals surface area contributed by atoms with Gasteiger partial charge in [0.1, 0.15) is 0 Å². The van der Waals surface area contributed by atoms with E-state index in [4.69, 9.17) is 19.9 Å². The lowest BCUT2D eigenvalue weighted by Crippen LogP contribution is -2.13. The summed E-state index contributed by atoms with van der Waals surface area (Å²) in [4.78, 5) is 11.3. The molecule has 0 atom stereocenters. The molecule has 2 N–H and O–H groups in total. The Labute approximate surface area is 125 Å². The molecule has 0 aliphatic rings. The molecular formula is C15H23NO5. The van der Waals surface area contributed by atoms with Gasteiger partial charge >= 0.3 is 5.97 Å². The number of ether oxygens (including phenoxy) is 4. The Morgan fingerprint density at radius 3 is 2.10 bits per heavy atom. The number of carbonyl (C=O) groups is 1. The number of methoxy groups -OCH3 is 1. The fourth-order valence-corrected chi connectivity index (χ4v) is 1.57. The van der Waals surface area contributed by atoms with Gasteiger partial charge in [0.2, 0.25) is 0 Å². The van der Waals surface area contributed by atoms with Crippen molar-refractivity contribution < 1.29 is 23.7 Å². The lowest BCUT2D eigenvalue weighted by molar-refractivity contribution is 0.0119. The van der Waals surface area contributed by atoms with E-state index in [0.29, 0.717) is 51.7 Å². The molecule has 0 amide bonds. The third-order valence-corrected chi connectivity index (χ3v) is 2.65. The van der Waals surface area contributed by atoms with Gasteiger partial charge in [-0.05, 0) is 17.7 Å². The molecule has 0 heterocycles. The Morgan fingerprint density at radius 1 is 0.952 bits per heavy atom. The van der Waals surface area contributed by atoms with Gasteiger partial charge in [-0.2, -0.15) is 0 Å². The molecular weight excluding hydrogens is 274 g/mol. The predicted molar refractivity (Wildman–Crippen MR) is 78.1 cm³/mol. The van der Waals surface area contributed by atoms with E-state index >= 15 is 0 Å². The summed E-state index contributed by atoms with van der Waals surface area (Å²) in [6, 6.07) is 7.12. The first-order valence-corrected chi connectivity index (χ1v) is 6.88. The zero-order valence-corrected chi connectivity index (χ0v) is 12.4. The summed E-state index contributed by atoms with van der Waals surface area (Å²) < 4.78 is 20.6. The maximum Gasteiger partial charge on any atom is 0.337 e. The van der Waals surface area contributed by atoms with Crippen LogP contribution >= 0.6 is 0 Å². The van der Waals surface area contributed by atoms with Crippen LogP contribution in [0.2, 0.25) is 0 Å². The number of hydrogen-bond acceptors (Lipinski definition) is 6. The van der Waals surface area contributed by atoms with E-state index in [1.165, 1.54) is 7.11 Å². The molecule has 0 saturated heterocycles. The summed E-state index contributed by atoms with van der Waals surface area (Å²) in [6.45, 7) is 3.68. The van der Waals surface area contributed by atoms with E-state index < -0.39 is 0 Å². The van der Waals surface area contributed by atoms with Crippen LogP contribution in [-0.4, -0.2) is 52.7 Å². The highest BCUT2D eigenvalue weighted by molar-refractivity contribution is 5.89. The Kier molecular flexibility index (Phi) is 9.39. The third kappa shape index (κ3) is 7.77. The van der Waals surface area contributed by atoms with Crippen molar-refractivity contribution in [3.05, 3.63) is 35.4 Å². The van der Waals surface area contributed by atoms with Crippen LogP contribution < -0.4 is 5.73 Å². The van der Waals surface area contributed by atoms with Crippen molar-refractivity contribution in [3.63, 3.8) is 0 Å². The Morgan fingerprint density at radius 2 is 1.52 bits per heavy atom. The second-order valence-corrected chi connectivity index (χ2v) is 4.25. The van der Waals surface area contributed by atoms with Crippen molar-refractivity contribution in [2.75, 3.05) is 46.7 Å². The molecule has 0 aliphatic heterocycles. The maximum absolute atomic E-state index is 11.3. The van der Waals surface area contributed by atoms with E-state index in [1.807, 2.05) is 12.1 Å². The van der Waals surface area contributed by atoms with Crippen LogP contribution in [0.25, 0.3) is 0 Å². The fraction of sp³-hybridized carbons (Fsp3) is 0.533. The Bertz CT molecular complexity index is 394. The monoisotopic (exact) mass is 297 g/mol. The highest BCUT2D eigenvalue weighted by Gasteiger charge is 2.04. The van der Waals surface area contributed by atoms with Gasteiger partial charge in [-0.1, -0.05) is 12.1 Å². The Balaban J connectivity index is 2.06. The van der Waals surface area contributed by atoms with Gasteiger partial charge in [0, 0.05) is 6.54 Å².